The topological polar surface area (TPSA) is 21.3 Å². The highest BCUT2D eigenvalue weighted by Crippen LogP contribution is 2.21. The molecule has 0 spiro atoms. The molecule has 4 heteroatoms. The smallest absolute Gasteiger partial charge is 0.129 e. The zero-order valence-corrected chi connectivity index (χ0v) is 10.7. The lowest BCUT2D eigenvalue weighted by Crippen LogP contribution is -2.48. The Morgan fingerprint density at radius 3 is 2.24 bits per heavy atom. The van der Waals surface area contributed by atoms with Crippen molar-refractivity contribution >= 4 is 0 Å². The molecule has 0 radical (unpaired) electrons. The van der Waals surface area contributed by atoms with Gasteiger partial charge in [0.05, 0.1) is 5.60 Å². The van der Waals surface area contributed by atoms with Crippen LogP contribution in [-0.2, 0) is 11.2 Å². The number of benzene rings is 1. The van der Waals surface area contributed by atoms with E-state index in [0.29, 0.717) is 0 Å². The van der Waals surface area contributed by atoms with Crippen LogP contribution in [0.3, 0.4) is 0 Å². The van der Waals surface area contributed by atoms with Gasteiger partial charge in [-0.2, -0.15) is 0 Å². The zero-order valence-electron chi connectivity index (χ0n) is 10.7. The molecule has 1 N–H and O–H groups in total. The number of likely N-dealkylation sites (N-methyl/N-ethyl adjacent to an activating group) is 1. The van der Waals surface area contributed by atoms with Crippen LogP contribution in [0.15, 0.2) is 18.2 Å². The van der Waals surface area contributed by atoms with Crippen molar-refractivity contribution in [2.45, 2.75) is 31.9 Å². The van der Waals surface area contributed by atoms with Gasteiger partial charge in [-0.3, -0.25) is 0 Å². The van der Waals surface area contributed by atoms with Crippen molar-refractivity contribution in [3.8, 4) is 0 Å². The molecule has 1 aromatic rings. The molecule has 0 saturated heterocycles. The van der Waals surface area contributed by atoms with Crippen LogP contribution in [0.5, 0.6) is 0 Å². The van der Waals surface area contributed by atoms with Crippen LogP contribution in [0.2, 0.25) is 0 Å². The Balaban J connectivity index is 2.96. The minimum atomic E-state index is -0.517. The van der Waals surface area contributed by atoms with Crippen molar-refractivity contribution in [2.75, 3.05) is 14.2 Å². The molecule has 96 valence electrons. The molecule has 2 nitrogen and oxygen atoms in total. The predicted octanol–water partition coefficient (Wildman–Crippen LogP) is 2.52. The van der Waals surface area contributed by atoms with E-state index in [9.17, 15) is 8.78 Å². The SMILES string of the molecule is CNC(Cc1c(F)cccc1F)C(C)(C)OC. The molecule has 0 heterocycles. The first-order valence-electron chi connectivity index (χ1n) is 5.57. The lowest BCUT2D eigenvalue weighted by atomic mass is 9.92. The van der Waals surface area contributed by atoms with Gasteiger partial charge in [-0.15, -0.1) is 0 Å². The summed E-state index contributed by atoms with van der Waals surface area (Å²) in [6.45, 7) is 3.76. The molecule has 1 unspecified atom stereocenters. The monoisotopic (exact) mass is 243 g/mol. The first kappa shape index (κ1) is 14.1. The molecular formula is C13H19F2NO. The fourth-order valence-corrected chi connectivity index (χ4v) is 1.77. The second-order valence-corrected chi connectivity index (χ2v) is 4.55. The highest BCUT2D eigenvalue weighted by molar-refractivity contribution is 5.21. The molecular weight excluding hydrogens is 224 g/mol. The Kier molecular flexibility index (Phi) is 4.60. The Bertz CT molecular complexity index is 359. The molecule has 0 amide bonds. The summed E-state index contributed by atoms with van der Waals surface area (Å²) >= 11 is 0. The van der Waals surface area contributed by atoms with Crippen molar-refractivity contribution in [2.24, 2.45) is 0 Å². The van der Waals surface area contributed by atoms with Crippen molar-refractivity contribution in [1.29, 1.82) is 0 Å². The predicted molar refractivity (Wildman–Crippen MR) is 64.0 cm³/mol. The maximum atomic E-state index is 13.5. The van der Waals surface area contributed by atoms with Crippen molar-refractivity contribution in [3.05, 3.63) is 35.4 Å². The Morgan fingerprint density at radius 2 is 1.82 bits per heavy atom. The lowest BCUT2D eigenvalue weighted by molar-refractivity contribution is -0.00834. The van der Waals surface area contributed by atoms with E-state index >= 15 is 0 Å². The highest BCUT2D eigenvalue weighted by atomic mass is 19.1. The lowest BCUT2D eigenvalue weighted by Gasteiger charge is -2.33. The second-order valence-electron chi connectivity index (χ2n) is 4.55. The van der Waals surface area contributed by atoms with Gasteiger partial charge in [-0.25, -0.2) is 8.78 Å². The summed E-state index contributed by atoms with van der Waals surface area (Å²) in [4.78, 5) is 0. The molecule has 0 aliphatic heterocycles. The Hall–Kier alpha value is -1.00. The van der Waals surface area contributed by atoms with Crippen LogP contribution in [0.1, 0.15) is 19.4 Å². The van der Waals surface area contributed by atoms with Crippen molar-refractivity contribution in [1.82, 2.24) is 5.32 Å². The summed E-state index contributed by atoms with van der Waals surface area (Å²) in [7, 11) is 3.34. The fourth-order valence-electron chi connectivity index (χ4n) is 1.77. The molecule has 0 bridgehead atoms. The third-order valence-electron chi connectivity index (χ3n) is 3.18. The molecule has 0 aromatic heterocycles. The van der Waals surface area contributed by atoms with Gasteiger partial charge in [0.2, 0.25) is 0 Å². The number of rotatable bonds is 5. The molecule has 17 heavy (non-hydrogen) atoms. The standard InChI is InChI=1S/C13H19F2NO/c1-13(2,17-4)12(16-3)8-9-10(14)6-5-7-11(9)15/h5-7,12,16H,8H2,1-4H3. The van der Waals surface area contributed by atoms with Crippen molar-refractivity contribution < 1.29 is 13.5 Å². The highest BCUT2D eigenvalue weighted by Gasteiger charge is 2.29. The third-order valence-corrected chi connectivity index (χ3v) is 3.18. The quantitative estimate of drug-likeness (QED) is 0.858. The number of halogens is 2. The summed E-state index contributed by atoms with van der Waals surface area (Å²) in [5.41, 5.74) is -0.402. The van der Waals surface area contributed by atoms with Gasteiger partial charge in [0, 0.05) is 18.7 Å². The van der Waals surface area contributed by atoms with Crippen LogP contribution in [0.25, 0.3) is 0 Å². The first-order chi connectivity index (χ1) is 7.92. The summed E-state index contributed by atoms with van der Waals surface area (Å²) in [6.07, 6.45) is 0.246. The summed E-state index contributed by atoms with van der Waals surface area (Å²) < 4.78 is 32.4. The Morgan fingerprint density at radius 1 is 1.29 bits per heavy atom. The average Bonchev–Trinajstić information content (AvgIpc) is 2.28. The van der Waals surface area contributed by atoms with E-state index in [1.165, 1.54) is 18.2 Å². The normalized spacial score (nSPS) is 13.8. The number of methoxy groups -OCH3 is 1. The third kappa shape index (κ3) is 3.23. The largest absolute Gasteiger partial charge is 0.377 e. The molecule has 1 atom stereocenters. The summed E-state index contributed by atoms with van der Waals surface area (Å²) in [5.74, 6) is -1.03. The van der Waals surface area contributed by atoms with Gasteiger partial charge in [0.25, 0.3) is 0 Å². The zero-order chi connectivity index (χ0) is 13.1. The number of nitrogens with one attached hydrogen (secondary N) is 1. The van der Waals surface area contributed by atoms with Crippen LogP contribution >= 0.6 is 0 Å². The summed E-state index contributed by atoms with van der Waals surface area (Å²) in [5, 5.41) is 3.04. The average molecular weight is 243 g/mol. The van der Waals surface area contributed by atoms with Crippen LogP contribution in [-0.4, -0.2) is 25.8 Å². The van der Waals surface area contributed by atoms with E-state index in [1.54, 1.807) is 14.2 Å². The number of hydrogen-bond donors (Lipinski definition) is 1. The first-order valence-corrected chi connectivity index (χ1v) is 5.57. The minimum Gasteiger partial charge on any atom is -0.377 e. The van der Waals surface area contributed by atoms with Crippen LogP contribution < -0.4 is 5.32 Å². The molecule has 0 fully saturated rings. The van der Waals surface area contributed by atoms with Gasteiger partial charge in [-0.1, -0.05) is 6.07 Å². The van der Waals surface area contributed by atoms with E-state index in [2.05, 4.69) is 5.32 Å². The van der Waals surface area contributed by atoms with Crippen LogP contribution in [0, 0.1) is 11.6 Å². The van der Waals surface area contributed by atoms with E-state index in [0.717, 1.165) is 0 Å². The van der Waals surface area contributed by atoms with Crippen LogP contribution in [0.4, 0.5) is 8.78 Å². The van der Waals surface area contributed by atoms with Gasteiger partial charge in [0.1, 0.15) is 11.6 Å². The molecule has 1 rings (SSSR count). The minimum absolute atomic E-state index is 0.0944. The molecule has 0 aliphatic carbocycles. The van der Waals surface area contributed by atoms with Gasteiger partial charge in [0.15, 0.2) is 0 Å². The maximum absolute atomic E-state index is 13.5. The molecule has 0 saturated carbocycles. The number of hydrogen-bond acceptors (Lipinski definition) is 2. The fraction of sp³-hybridized carbons (Fsp3) is 0.538. The maximum Gasteiger partial charge on any atom is 0.129 e. The Labute approximate surface area is 101 Å². The van der Waals surface area contributed by atoms with E-state index < -0.39 is 17.2 Å². The van der Waals surface area contributed by atoms with Gasteiger partial charge >= 0.3 is 0 Å². The molecule has 0 aliphatic rings. The van der Waals surface area contributed by atoms with Crippen molar-refractivity contribution in [3.63, 3.8) is 0 Å². The number of ether oxygens (including phenoxy) is 1. The second kappa shape index (κ2) is 5.56. The van der Waals surface area contributed by atoms with E-state index in [4.69, 9.17) is 4.74 Å². The summed E-state index contributed by atoms with van der Waals surface area (Å²) in [6, 6.07) is 3.73. The van der Waals surface area contributed by atoms with E-state index in [-0.39, 0.29) is 18.0 Å². The van der Waals surface area contributed by atoms with E-state index in [1.807, 2.05) is 13.8 Å². The molecule has 1 aromatic carbocycles. The van der Waals surface area contributed by atoms with Gasteiger partial charge < -0.3 is 10.1 Å². The van der Waals surface area contributed by atoms with Gasteiger partial charge in [-0.05, 0) is 39.4 Å².